The first-order valence-electron chi connectivity index (χ1n) is 14.7. The Hall–Kier alpha value is -3.81. The topological polar surface area (TPSA) is 180 Å². The number of hydrogen-bond donors (Lipinski definition) is 5. The van der Waals surface area contributed by atoms with Crippen LogP contribution in [0.4, 0.5) is 0 Å². The first-order chi connectivity index (χ1) is 21.5. The van der Waals surface area contributed by atoms with E-state index < -0.39 is 71.2 Å². The van der Waals surface area contributed by atoms with Gasteiger partial charge in [0.1, 0.15) is 17.8 Å². The Morgan fingerprint density at radius 1 is 1.09 bits per heavy atom. The average Bonchev–Trinajstić information content (AvgIpc) is 3.29. The van der Waals surface area contributed by atoms with Crippen molar-refractivity contribution in [3.05, 3.63) is 65.2 Å². The van der Waals surface area contributed by atoms with Crippen molar-refractivity contribution in [1.82, 2.24) is 20.9 Å². The highest BCUT2D eigenvalue weighted by atomic mass is 35.5. The number of thioether (sulfide) groups is 1. The van der Waals surface area contributed by atoms with Crippen LogP contribution in [-0.4, -0.2) is 86.5 Å². The molecule has 1 aliphatic rings. The minimum atomic E-state index is -1.78. The number of amides is 5. The second-order valence-corrected chi connectivity index (χ2v) is 14.6. The molecule has 3 rings (SSSR count). The molecule has 2 aromatic rings. The van der Waals surface area contributed by atoms with Gasteiger partial charge in [0.25, 0.3) is 11.8 Å². The molecule has 1 fully saturated rings. The van der Waals surface area contributed by atoms with Gasteiger partial charge in [0.2, 0.25) is 17.7 Å². The van der Waals surface area contributed by atoms with Gasteiger partial charge in [0, 0.05) is 15.3 Å². The maximum absolute atomic E-state index is 13.9. The minimum absolute atomic E-state index is 0.0256. The zero-order valence-corrected chi connectivity index (χ0v) is 28.1. The van der Waals surface area contributed by atoms with Crippen LogP contribution in [0.5, 0.6) is 5.75 Å². The van der Waals surface area contributed by atoms with E-state index in [1.165, 1.54) is 22.7 Å². The fourth-order valence-corrected chi connectivity index (χ4v) is 6.26. The molecule has 12 nitrogen and oxygen atoms in total. The van der Waals surface area contributed by atoms with Crippen molar-refractivity contribution in [2.24, 2.45) is 5.73 Å². The van der Waals surface area contributed by atoms with Gasteiger partial charge in [0.15, 0.2) is 12.7 Å². The molecule has 6 N–H and O–H groups in total. The van der Waals surface area contributed by atoms with Gasteiger partial charge in [-0.25, -0.2) is 0 Å². The Labute approximate surface area is 278 Å². The largest absolute Gasteiger partial charge is 0.484 e. The maximum Gasteiger partial charge on any atom is 0.258 e. The number of aliphatic hydroxyl groups excluding tert-OH is 1. The van der Waals surface area contributed by atoms with Gasteiger partial charge in [-0.05, 0) is 64.8 Å². The lowest BCUT2D eigenvalue weighted by Crippen LogP contribution is -2.61. The van der Waals surface area contributed by atoms with E-state index in [1.807, 2.05) is 34.6 Å². The standard InChI is InChI=1S/C32H42ClN5O7S/c1-31(2,3)37-29(43)27-32(4,5)46-18-38(27)30(44)26(41)22(14-19-10-7-6-8-11-19)36-28(42)23(16-24(34)39)35-25(40)17-45-21-13-9-12-20(33)15-21/h6-13,15,22-23,26-27,41H,14,16-18H2,1-5H3,(H2,34,39)(H,35,40)(H,36,42)(H,37,43)/t22-,23-,26-,27?/m0/s1. The van der Waals surface area contributed by atoms with Crippen LogP contribution in [-0.2, 0) is 30.4 Å². The fraction of sp³-hybridized carbons (Fsp3) is 0.469. The van der Waals surface area contributed by atoms with Gasteiger partial charge in [-0.3, -0.25) is 24.0 Å². The lowest BCUT2D eigenvalue weighted by atomic mass is 9.96. The van der Waals surface area contributed by atoms with Gasteiger partial charge in [-0.2, -0.15) is 0 Å². The van der Waals surface area contributed by atoms with E-state index in [-0.39, 0.29) is 18.2 Å². The number of rotatable bonds is 13. The number of hydrogen-bond acceptors (Lipinski definition) is 8. The molecule has 250 valence electrons. The van der Waals surface area contributed by atoms with Gasteiger partial charge < -0.3 is 36.4 Å². The Kier molecular flexibility index (Phi) is 12.5. The lowest BCUT2D eigenvalue weighted by molar-refractivity contribution is -0.148. The fourth-order valence-electron chi connectivity index (χ4n) is 4.94. The quantitative estimate of drug-likeness (QED) is 0.213. The maximum atomic E-state index is 13.9. The molecule has 14 heteroatoms. The summed E-state index contributed by atoms with van der Waals surface area (Å²) >= 11 is 7.34. The van der Waals surface area contributed by atoms with E-state index in [4.69, 9.17) is 22.1 Å². The van der Waals surface area contributed by atoms with E-state index in [1.54, 1.807) is 48.5 Å². The molecule has 0 aliphatic carbocycles. The third kappa shape index (κ3) is 10.6. The second-order valence-electron chi connectivity index (χ2n) is 12.6. The number of nitrogens with one attached hydrogen (secondary N) is 3. The number of carbonyl (C=O) groups is 5. The van der Waals surface area contributed by atoms with Gasteiger partial charge in [-0.15, -0.1) is 11.8 Å². The Morgan fingerprint density at radius 2 is 1.76 bits per heavy atom. The van der Waals surface area contributed by atoms with Crippen molar-refractivity contribution in [1.29, 1.82) is 0 Å². The van der Waals surface area contributed by atoms with Gasteiger partial charge in [-0.1, -0.05) is 48.0 Å². The number of primary amides is 1. The highest BCUT2D eigenvalue weighted by Crippen LogP contribution is 2.40. The summed E-state index contributed by atoms with van der Waals surface area (Å²) in [4.78, 5) is 66.6. The molecule has 0 bridgehead atoms. The lowest BCUT2D eigenvalue weighted by Gasteiger charge is -2.35. The second kappa shape index (κ2) is 15.7. The summed E-state index contributed by atoms with van der Waals surface area (Å²) < 4.78 is 4.77. The van der Waals surface area contributed by atoms with E-state index in [0.717, 1.165) is 0 Å². The third-order valence-corrected chi connectivity index (χ3v) is 8.67. The molecule has 1 aliphatic heterocycles. The average molecular weight is 676 g/mol. The zero-order valence-electron chi connectivity index (χ0n) is 26.5. The van der Waals surface area contributed by atoms with Crippen LogP contribution in [0.25, 0.3) is 0 Å². The van der Waals surface area contributed by atoms with Crippen LogP contribution in [0.15, 0.2) is 54.6 Å². The first kappa shape index (κ1) is 36.7. The molecule has 1 saturated heterocycles. The third-order valence-electron chi connectivity index (χ3n) is 7.06. The number of nitrogens with two attached hydrogens (primary N) is 1. The number of aliphatic hydroxyl groups is 1. The molecular weight excluding hydrogens is 634 g/mol. The predicted octanol–water partition coefficient (Wildman–Crippen LogP) is 1.76. The van der Waals surface area contributed by atoms with Crippen molar-refractivity contribution in [2.75, 3.05) is 12.5 Å². The van der Waals surface area contributed by atoms with Crippen LogP contribution in [0.2, 0.25) is 5.02 Å². The number of halogens is 1. The predicted molar refractivity (Wildman–Crippen MR) is 176 cm³/mol. The summed E-state index contributed by atoms with van der Waals surface area (Å²) in [7, 11) is 0. The van der Waals surface area contributed by atoms with Crippen LogP contribution in [0.1, 0.15) is 46.6 Å². The number of benzene rings is 2. The van der Waals surface area contributed by atoms with E-state index in [0.29, 0.717) is 16.3 Å². The highest BCUT2D eigenvalue weighted by Gasteiger charge is 2.50. The summed E-state index contributed by atoms with van der Waals surface area (Å²) in [6, 6.07) is 11.7. The van der Waals surface area contributed by atoms with Crippen molar-refractivity contribution in [3.8, 4) is 5.75 Å². The molecule has 0 saturated carbocycles. The number of nitrogens with zero attached hydrogens (tertiary/aromatic N) is 1. The number of carbonyl (C=O) groups excluding carboxylic acids is 5. The summed E-state index contributed by atoms with van der Waals surface area (Å²) in [5.41, 5.74) is 5.52. The zero-order chi connectivity index (χ0) is 34.2. The summed E-state index contributed by atoms with van der Waals surface area (Å²) in [5.74, 6) is -3.08. The van der Waals surface area contributed by atoms with E-state index >= 15 is 0 Å². The van der Waals surface area contributed by atoms with E-state index in [2.05, 4.69) is 16.0 Å². The Balaban J connectivity index is 1.82. The molecule has 5 amide bonds. The van der Waals surface area contributed by atoms with Crippen LogP contribution < -0.4 is 26.4 Å². The van der Waals surface area contributed by atoms with Crippen molar-refractivity contribution in [2.45, 2.75) is 82.0 Å². The highest BCUT2D eigenvalue weighted by molar-refractivity contribution is 8.00. The molecule has 0 radical (unpaired) electrons. The SMILES string of the molecule is CC(C)(C)NC(=O)C1N(C(=O)[C@@H](O)[C@H](Cc2ccccc2)NC(=O)[C@H](CC(N)=O)NC(=O)COc2cccc(Cl)c2)CSC1(C)C. The van der Waals surface area contributed by atoms with E-state index in [9.17, 15) is 29.1 Å². The molecule has 1 unspecified atom stereocenters. The van der Waals surface area contributed by atoms with Crippen molar-refractivity contribution < 1.29 is 33.8 Å². The van der Waals surface area contributed by atoms with Crippen LogP contribution in [0.3, 0.4) is 0 Å². The van der Waals surface area contributed by atoms with Crippen LogP contribution in [0, 0.1) is 0 Å². The molecular formula is C32H42ClN5O7S. The summed E-state index contributed by atoms with van der Waals surface area (Å²) in [6.07, 6.45) is -2.31. The summed E-state index contributed by atoms with van der Waals surface area (Å²) in [6.45, 7) is 8.70. The number of ether oxygens (including phenoxy) is 1. The Morgan fingerprint density at radius 3 is 2.37 bits per heavy atom. The van der Waals surface area contributed by atoms with Crippen molar-refractivity contribution in [3.63, 3.8) is 0 Å². The smallest absolute Gasteiger partial charge is 0.258 e. The molecule has 0 spiro atoms. The Bertz CT molecular complexity index is 1420. The first-order valence-corrected chi connectivity index (χ1v) is 16.1. The normalized spacial score (nSPS) is 17.7. The van der Waals surface area contributed by atoms with Gasteiger partial charge >= 0.3 is 0 Å². The molecule has 4 atom stereocenters. The van der Waals surface area contributed by atoms with Crippen molar-refractivity contribution >= 4 is 52.9 Å². The summed E-state index contributed by atoms with van der Waals surface area (Å²) in [5, 5.41) is 19.9. The van der Waals surface area contributed by atoms with Gasteiger partial charge in [0.05, 0.1) is 18.3 Å². The molecule has 46 heavy (non-hydrogen) atoms. The monoisotopic (exact) mass is 675 g/mol. The molecule has 0 aromatic heterocycles. The molecule has 1 heterocycles. The van der Waals surface area contributed by atoms with Crippen LogP contribution >= 0.6 is 23.4 Å². The minimum Gasteiger partial charge on any atom is -0.484 e. The molecule has 2 aromatic carbocycles.